The zero-order valence-electron chi connectivity index (χ0n) is 16.9. The molecule has 0 saturated carbocycles. The Morgan fingerprint density at radius 1 is 1.21 bits per heavy atom. The van der Waals surface area contributed by atoms with Crippen LogP contribution in [-0.2, 0) is 6.54 Å². The Morgan fingerprint density at radius 2 is 1.88 bits per heavy atom. The third kappa shape index (κ3) is 4.84. The number of rotatable bonds is 4. The first kappa shape index (κ1) is 23.2. The first-order valence-electron chi connectivity index (χ1n) is 9.52. The van der Waals surface area contributed by atoms with Crippen molar-refractivity contribution in [1.29, 1.82) is 5.26 Å². The van der Waals surface area contributed by atoms with Gasteiger partial charge in [0.15, 0.2) is 12.0 Å². The van der Waals surface area contributed by atoms with E-state index in [1.54, 1.807) is 18.2 Å². The van der Waals surface area contributed by atoms with Crippen molar-refractivity contribution in [3.63, 3.8) is 0 Å². The molecular weight excluding hydrogens is 490 g/mol. The molecule has 2 heterocycles. The van der Waals surface area contributed by atoms with E-state index >= 15 is 0 Å². The summed E-state index contributed by atoms with van der Waals surface area (Å²) in [5.41, 5.74) is -1.55. The average Bonchev–Trinajstić information content (AvgIpc) is 2.80. The molecule has 0 fully saturated rings. The molecule has 0 spiro atoms. The summed E-state index contributed by atoms with van der Waals surface area (Å²) < 4.78 is 19.6. The summed E-state index contributed by atoms with van der Waals surface area (Å²) in [6, 6.07) is 9.90. The molecule has 2 N–H and O–H groups in total. The SMILES string of the molecule is N#Cc1nn(-c2cc(Cl)c(OC3=NN(Cc4ccc(F)cc4)C(O)C=C3)c(Cl)c2)c(=O)[nH]c1=O. The molecular formula is C21H13Cl2FN6O4. The van der Waals surface area contributed by atoms with Crippen LogP contribution < -0.4 is 16.0 Å². The Labute approximate surface area is 200 Å². The maximum Gasteiger partial charge on any atom is 0.349 e. The maximum absolute atomic E-state index is 13.1. The molecule has 10 nitrogen and oxygen atoms in total. The van der Waals surface area contributed by atoms with Gasteiger partial charge in [-0.1, -0.05) is 35.3 Å². The number of hydrazone groups is 1. The fourth-order valence-corrected chi connectivity index (χ4v) is 3.52. The van der Waals surface area contributed by atoms with Gasteiger partial charge in [0, 0.05) is 6.08 Å². The van der Waals surface area contributed by atoms with Gasteiger partial charge in [-0.2, -0.15) is 9.94 Å². The highest BCUT2D eigenvalue weighted by Crippen LogP contribution is 2.35. The Morgan fingerprint density at radius 3 is 2.53 bits per heavy atom. The minimum atomic E-state index is -1.04. The van der Waals surface area contributed by atoms with Crippen molar-refractivity contribution < 1.29 is 14.2 Å². The molecule has 4 rings (SSSR count). The number of hydrogen-bond acceptors (Lipinski definition) is 8. The summed E-state index contributed by atoms with van der Waals surface area (Å²) in [7, 11) is 0. The summed E-state index contributed by atoms with van der Waals surface area (Å²) in [6.07, 6.45) is 1.80. The lowest BCUT2D eigenvalue weighted by atomic mass is 10.2. The summed E-state index contributed by atoms with van der Waals surface area (Å²) in [5, 5.41) is 28.4. The number of aliphatic hydroxyl groups excluding tert-OH is 1. The molecule has 1 unspecified atom stereocenters. The predicted octanol–water partition coefficient (Wildman–Crippen LogP) is 2.32. The lowest BCUT2D eigenvalue weighted by Crippen LogP contribution is -2.33. The topological polar surface area (TPSA) is 137 Å². The van der Waals surface area contributed by atoms with Crippen molar-refractivity contribution in [3.8, 4) is 17.5 Å². The van der Waals surface area contributed by atoms with E-state index in [1.165, 1.54) is 41.4 Å². The zero-order valence-corrected chi connectivity index (χ0v) is 18.5. The van der Waals surface area contributed by atoms with Crippen LogP contribution in [0.2, 0.25) is 10.0 Å². The van der Waals surface area contributed by atoms with Crippen LogP contribution in [0.25, 0.3) is 5.69 Å². The van der Waals surface area contributed by atoms with Crippen LogP contribution in [0, 0.1) is 17.1 Å². The van der Waals surface area contributed by atoms with Crippen LogP contribution in [0.5, 0.6) is 5.75 Å². The van der Waals surface area contributed by atoms with Crippen LogP contribution >= 0.6 is 23.2 Å². The van der Waals surface area contributed by atoms with Gasteiger partial charge < -0.3 is 9.84 Å². The summed E-state index contributed by atoms with van der Waals surface area (Å²) >= 11 is 12.6. The Hall–Kier alpha value is -3.98. The lowest BCUT2D eigenvalue weighted by molar-refractivity contribution is 0.0336. The number of H-pyrrole nitrogens is 1. The number of halogens is 3. The van der Waals surface area contributed by atoms with E-state index in [0.717, 1.165) is 4.68 Å². The molecule has 0 aliphatic carbocycles. The summed E-state index contributed by atoms with van der Waals surface area (Å²) in [5.74, 6) is -0.326. The van der Waals surface area contributed by atoms with Crippen molar-refractivity contribution in [1.82, 2.24) is 19.8 Å². The molecule has 172 valence electrons. The predicted molar refractivity (Wildman–Crippen MR) is 120 cm³/mol. The molecule has 0 radical (unpaired) electrons. The Balaban J connectivity index is 1.61. The fraction of sp³-hybridized carbons (Fsp3) is 0.0952. The van der Waals surface area contributed by atoms with E-state index in [9.17, 15) is 19.1 Å². The highest BCUT2D eigenvalue weighted by atomic mass is 35.5. The Bertz CT molecular complexity index is 1450. The normalized spacial score (nSPS) is 15.1. The number of nitrogens with zero attached hydrogens (tertiary/aromatic N) is 5. The second kappa shape index (κ2) is 9.48. The van der Waals surface area contributed by atoms with Gasteiger partial charge in [0.05, 0.1) is 22.3 Å². The monoisotopic (exact) mass is 502 g/mol. The second-order valence-corrected chi connectivity index (χ2v) is 7.72. The highest BCUT2D eigenvalue weighted by Gasteiger charge is 2.20. The van der Waals surface area contributed by atoms with Crippen LogP contribution in [0.1, 0.15) is 11.3 Å². The quantitative estimate of drug-likeness (QED) is 0.558. The van der Waals surface area contributed by atoms with E-state index < -0.39 is 23.2 Å². The summed E-state index contributed by atoms with van der Waals surface area (Å²) in [6.45, 7) is 0.168. The first-order valence-corrected chi connectivity index (χ1v) is 10.3. The van der Waals surface area contributed by atoms with Crippen LogP contribution in [0.3, 0.4) is 0 Å². The molecule has 0 bridgehead atoms. The van der Waals surface area contributed by atoms with Crippen LogP contribution in [0.15, 0.2) is 63.2 Å². The molecule has 1 atom stereocenters. The van der Waals surface area contributed by atoms with Crippen molar-refractivity contribution in [3.05, 3.63) is 96.5 Å². The standard InChI is InChI=1S/C21H13Cl2FN6O4/c22-14-7-13(30-21(33)26-20(32)16(9-25)27-30)8-15(23)19(14)34-17-5-6-18(31)29(28-17)10-11-1-3-12(24)4-2-11/h1-8,18,31H,10H2,(H,26,32,33). The maximum atomic E-state index is 13.1. The fourth-order valence-electron chi connectivity index (χ4n) is 2.97. The van der Waals surface area contributed by atoms with Gasteiger partial charge in [-0.3, -0.25) is 14.8 Å². The van der Waals surface area contributed by atoms with Crippen molar-refractivity contribution in [2.24, 2.45) is 5.10 Å². The zero-order chi connectivity index (χ0) is 24.4. The van der Waals surface area contributed by atoms with Gasteiger partial charge in [-0.15, -0.1) is 10.2 Å². The van der Waals surface area contributed by atoms with Gasteiger partial charge >= 0.3 is 5.69 Å². The molecule has 34 heavy (non-hydrogen) atoms. The lowest BCUT2D eigenvalue weighted by Gasteiger charge is -2.26. The minimum absolute atomic E-state index is 0.00610. The van der Waals surface area contributed by atoms with E-state index in [0.29, 0.717) is 5.56 Å². The summed E-state index contributed by atoms with van der Waals surface area (Å²) in [4.78, 5) is 25.6. The number of ether oxygens (including phenoxy) is 1. The van der Waals surface area contributed by atoms with Crippen LogP contribution in [-0.4, -0.2) is 37.0 Å². The van der Waals surface area contributed by atoms with Crippen LogP contribution in [0.4, 0.5) is 4.39 Å². The van der Waals surface area contributed by atoms with E-state index in [2.05, 4.69) is 10.2 Å². The number of benzene rings is 2. The molecule has 1 aliphatic heterocycles. The minimum Gasteiger partial charge on any atom is -0.434 e. The van der Waals surface area contributed by atoms with Gasteiger partial charge in [0.2, 0.25) is 11.6 Å². The molecule has 13 heteroatoms. The van der Waals surface area contributed by atoms with Crippen molar-refractivity contribution in [2.45, 2.75) is 12.8 Å². The number of nitrogens with one attached hydrogen (secondary N) is 1. The van der Waals surface area contributed by atoms with E-state index in [1.807, 2.05) is 4.98 Å². The third-order valence-electron chi connectivity index (χ3n) is 4.57. The van der Waals surface area contributed by atoms with Crippen molar-refractivity contribution >= 4 is 29.1 Å². The van der Waals surface area contributed by atoms with Gasteiger partial charge in [-0.05, 0) is 35.9 Å². The molecule has 0 amide bonds. The first-order chi connectivity index (χ1) is 16.2. The molecule has 0 saturated heterocycles. The van der Waals surface area contributed by atoms with E-state index in [4.69, 9.17) is 33.2 Å². The number of nitriles is 1. The molecule has 1 aliphatic rings. The number of aliphatic hydroxyl groups is 1. The molecule has 2 aromatic carbocycles. The molecule has 3 aromatic rings. The van der Waals surface area contributed by atoms with Gasteiger partial charge in [0.1, 0.15) is 11.9 Å². The molecule has 1 aromatic heterocycles. The number of hydrogen-bond donors (Lipinski definition) is 2. The number of aromatic amines is 1. The van der Waals surface area contributed by atoms with Crippen molar-refractivity contribution in [2.75, 3.05) is 0 Å². The smallest absolute Gasteiger partial charge is 0.349 e. The number of aromatic nitrogens is 3. The van der Waals surface area contributed by atoms with Gasteiger partial charge in [0.25, 0.3) is 5.56 Å². The van der Waals surface area contributed by atoms with Gasteiger partial charge in [-0.25, -0.2) is 9.18 Å². The largest absolute Gasteiger partial charge is 0.434 e. The highest BCUT2D eigenvalue weighted by molar-refractivity contribution is 6.37. The Kier molecular flexibility index (Phi) is 6.47. The average molecular weight is 503 g/mol. The second-order valence-electron chi connectivity index (χ2n) is 6.91. The van der Waals surface area contributed by atoms with E-state index in [-0.39, 0.29) is 39.7 Å². The third-order valence-corrected chi connectivity index (χ3v) is 5.13.